The van der Waals surface area contributed by atoms with Crippen molar-refractivity contribution in [2.45, 2.75) is 39.2 Å². The van der Waals surface area contributed by atoms with E-state index in [-0.39, 0.29) is 18.3 Å². The third kappa shape index (κ3) is 5.03. The number of carbonyl (C=O) groups is 2. The molecule has 6 nitrogen and oxygen atoms in total. The molecule has 24 heavy (non-hydrogen) atoms. The van der Waals surface area contributed by atoms with Gasteiger partial charge in [0, 0.05) is 37.1 Å². The van der Waals surface area contributed by atoms with Gasteiger partial charge in [-0.15, -0.1) is 0 Å². The van der Waals surface area contributed by atoms with Gasteiger partial charge in [-0.1, -0.05) is 6.92 Å². The molecule has 0 radical (unpaired) electrons. The quantitative estimate of drug-likeness (QED) is 0.681. The molecule has 1 atom stereocenters. The molecule has 1 aliphatic heterocycles. The molecule has 1 aromatic heterocycles. The molecule has 1 amide bonds. The standard InChI is InChI=1S/C18H27N3O3/c1-3-20-12-5-6-16(20)14-21(13-9-17(22)24-4-2)18(23)15-7-10-19-11-8-15/h7-8,10-11,16H,3-6,9,12-14H2,1-2H3/t16-/m0/s1. The van der Waals surface area contributed by atoms with Crippen molar-refractivity contribution in [1.82, 2.24) is 14.8 Å². The number of likely N-dealkylation sites (tertiary alicyclic amines) is 1. The second-order valence-corrected chi connectivity index (χ2v) is 5.97. The van der Waals surface area contributed by atoms with E-state index in [0.717, 1.165) is 25.9 Å². The lowest BCUT2D eigenvalue weighted by molar-refractivity contribution is -0.143. The maximum atomic E-state index is 12.8. The topological polar surface area (TPSA) is 62.7 Å². The number of aromatic nitrogens is 1. The Morgan fingerprint density at radius 3 is 2.75 bits per heavy atom. The molecule has 2 rings (SSSR count). The number of carbonyl (C=O) groups excluding carboxylic acids is 2. The number of hydrogen-bond acceptors (Lipinski definition) is 5. The third-order valence-corrected chi connectivity index (χ3v) is 4.44. The van der Waals surface area contributed by atoms with Crippen LogP contribution in [0.5, 0.6) is 0 Å². The number of likely N-dealkylation sites (N-methyl/N-ethyl adjacent to an activating group) is 1. The molecule has 0 spiro atoms. The van der Waals surface area contributed by atoms with E-state index in [1.54, 1.807) is 36.4 Å². The Morgan fingerprint density at radius 1 is 1.33 bits per heavy atom. The number of nitrogens with zero attached hydrogens (tertiary/aromatic N) is 3. The summed E-state index contributed by atoms with van der Waals surface area (Å²) in [5.41, 5.74) is 0.606. The van der Waals surface area contributed by atoms with Crippen molar-refractivity contribution in [3.05, 3.63) is 30.1 Å². The number of hydrogen-bond donors (Lipinski definition) is 0. The summed E-state index contributed by atoms with van der Waals surface area (Å²) in [5.74, 6) is -0.312. The second kappa shape index (κ2) is 9.37. The first kappa shape index (κ1) is 18.4. The number of rotatable bonds is 8. The monoisotopic (exact) mass is 333 g/mol. The summed E-state index contributed by atoms with van der Waals surface area (Å²) in [6.07, 6.45) is 5.71. The van der Waals surface area contributed by atoms with Gasteiger partial charge in [0.05, 0.1) is 13.0 Å². The summed E-state index contributed by atoms with van der Waals surface area (Å²) in [5, 5.41) is 0. The highest BCUT2D eigenvalue weighted by molar-refractivity contribution is 5.94. The van der Waals surface area contributed by atoms with E-state index in [0.29, 0.717) is 31.3 Å². The van der Waals surface area contributed by atoms with Gasteiger partial charge < -0.3 is 9.64 Å². The fraction of sp³-hybridized carbons (Fsp3) is 0.611. The van der Waals surface area contributed by atoms with Crippen LogP contribution in [-0.4, -0.2) is 65.5 Å². The van der Waals surface area contributed by atoms with Crippen LogP contribution in [0.2, 0.25) is 0 Å². The number of ether oxygens (including phenoxy) is 1. The van der Waals surface area contributed by atoms with Crippen molar-refractivity contribution in [3.8, 4) is 0 Å². The summed E-state index contributed by atoms with van der Waals surface area (Å²) < 4.78 is 4.99. The van der Waals surface area contributed by atoms with Crippen LogP contribution in [0.4, 0.5) is 0 Å². The van der Waals surface area contributed by atoms with E-state index in [2.05, 4.69) is 16.8 Å². The van der Waals surface area contributed by atoms with Crippen LogP contribution in [0, 0.1) is 0 Å². The van der Waals surface area contributed by atoms with Crippen LogP contribution < -0.4 is 0 Å². The molecule has 132 valence electrons. The molecule has 1 fully saturated rings. The van der Waals surface area contributed by atoms with Crippen LogP contribution in [0.25, 0.3) is 0 Å². The maximum absolute atomic E-state index is 12.8. The molecular weight excluding hydrogens is 306 g/mol. The molecule has 0 unspecified atom stereocenters. The Hall–Kier alpha value is -1.95. The van der Waals surface area contributed by atoms with Crippen molar-refractivity contribution in [2.24, 2.45) is 0 Å². The highest BCUT2D eigenvalue weighted by atomic mass is 16.5. The van der Waals surface area contributed by atoms with Crippen LogP contribution >= 0.6 is 0 Å². The van der Waals surface area contributed by atoms with Crippen molar-refractivity contribution in [3.63, 3.8) is 0 Å². The normalized spacial score (nSPS) is 17.7. The van der Waals surface area contributed by atoms with Crippen LogP contribution in [0.3, 0.4) is 0 Å². The molecular formula is C18H27N3O3. The van der Waals surface area contributed by atoms with Gasteiger partial charge in [0.1, 0.15) is 0 Å². The van der Waals surface area contributed by atoms with E-state index in [9.17, 15) is 9.59 Å². The zero-order chi connectivity index (χ0) is 17.4. The first-order valence-electron chi connectivity index (χ1n) is 8.74. The molecule has 0 saturated carbocycles. The van der Waals surface area contributed by atoms with Gasteiger partial charge in [-0.3, -0.25) is 19.5 Å². The van der Waals surface area contributed by atoms with Gasteiger partial charge in [-0.2, -0.15) is 0 Å². The predicted octanol–water partition coefficient (Wildman–Crippen LogP) is 1.96. The third-order valence-electron chi connectivity index (χ3n) is 4.44. The van der Waals surface area contributed by atoms with Crippen LogP contribution in [-0.2, 0) is 9.53 Å². The molecule has 0 aliphatic carbocycles. The Bertz CT molecular complexity index is 536. The lowest BCUT2D eigenvalue weighted by atomic mass is 10.1. The van der Waals surface area contributed by atoms with Crippen LogP contribution in [0.1, 0.15) is 43.5 Å². The molecule has 1 aromatic rings. The minimum Gasteiger partial charge on any atom is -0.466 e. The molecule has 0 N–H and O–H groups in total. The van der Waals surface area contributed by atoms with Gasteiger partial charge in [0.15, 0.2) is 0 Å². The molecule has 1 aliphatic rings. The van der Waals surface area contributed by atoms with E-state index in [1.807, 2.05) is 0 Å². The smallest absolute Gasteiger partial charge is 0.307 e. The van der Waals surface area contributed by atoms with Gasteiger partial charge in [0.25, 0.3) is 5.91 Å². The average molecular weight is 333 g/mol. The van der Waals surface area contributed by atoms with Gasteiger partial charge in [-0.25, -0.2) is 0 Å². The zero-order valence-corrected chi connectivity index (χ0v) is 14.6. The summed E-state index contributed by atoms with van der Waals surface area (Å²) in [6.45, 7) is 7.39. The van der Waals surface area contributed by atoms with Crippen molar-refractivity contribution in [1.29, 1.82) is 0 Å². The summed E-state index contributed by atoms with van der Waals surface area (Å²) in [4.78, 5) is 32.7. The van der Waals surface area contributed by atoms with E-state index in [4.69, 9.17) is 4.74 Å². The Kier molecular flexibility index (Phi) is 7.18. The van der Waals surface area contributed by atoms with Gasteiger partial charge >= 0.3 is 5.97 Å². The van der Waals surface area contributed by atoms with E-state index in [1.165, 1.54) is 0 Å². The fourth-order valence-electron chi connectivity index (χ4n) is 3.18. The number of pyridine rings is 1. The minimum atomic E-state index is -0.260. The molecule has 2 heterocycles. The number of esters is 1. The molecule has 1 saturated heterocycles. The molecule has 0 bridgehead atoms. The van der Waals surface area contributed by atoms with E-state index >= 15 is 0 Å². The fourth-order valence-corrected chi connectivity index (χ4v) is 3.18. The van der Waals surface area contributed by atoms with Crippen molar-refractivity contribution < 1.29 is 14.3 Å². The Labute approximate surface area is 143 Å². The van der Waals surface area contributed by atoms with Crippen molar-refractivity contribution >= 4 is 11.9 Å². The molecule has 6 heteroatoms. The van der Waals surface area contributed by atoms with Crippen molar-refractivity contribution in [2.75, 3.05) is 32.8 Å². The summed E-state index contributed by atoms with van der Waals surface area (Å²) >= 11 is 0. The number of amides is 1. The van der Waals surface area contributed by atoms with E-state index < -0.39 is 0 Å². The second-order valence-electron chi connectivity index (χ2n) is 5.97. The van der Waals surface area contributed by atoms with Gasteiger partial charge in [0.2, 0.25) is 0 Å². The van der Waals surface area contributed by atoms with Crippen LogP contribution in [0.15, 0.2) is 24.5 Å². The summed E-state index contributed by atoms with van der Waals surface area (Å²) in [6, 6.07) is 3.79. The molecule has 0 aromatic carbocycles. The lowest BCUT2D eigenvalue weighted by Crippen LogP contribution is -2.44. The van der Waals surface area contributed by atoms with Gasteiger partial charge in [-0.05, 0) is 45.0 Å². The SMILES string of the molecule is CCOC(=O)CCN(C[C@@H]1CCCN1CC)C(=O)c1ccncc1. The predicted molar refractivity (Wildman–Crippen MR) is 91.7 cm³/mol. The zero-order valence-electron chi connectivity index (χ0n) is 14.6. The Morgan fingerprint density at radius 2 is 2.08 bits per heavy atom. The highest BCUT2D eigenvalue weighted by Gasteiger charge is 2.27. The Balaban J connectivity index is 2.05. The average Bonchev–Trinajstić information content (AvgIpc) is 3.06. The first-order valence-corrected chi connectivity index (χ1v) is 8.74. The summed E-state index contributed by atoms with van der Waals surface area (Å²) in [7, 11) is 0. The largest absolute Gasteiger partial charge is 0.466 e. The highest BCUT2D eigenvalue weighted by Crippen LogP contribution is 2.19. The maximum Gasteiger partial charge on any atom is 0.307 e. The first-order chi connectivity index (χ1) is 11.7. The minimum absolute atomic E-state index is 0.0512. The lowest BCUT2D eigenvalue weighted by Gasteiger charge is -2.30.